The first kappa shape index (κ1) is 31.8. The van der Waals surface area contributed by atoms with Crippen molar-refractivity contribution in [2.45, 2.75) is 74.8 Å². The zero-order valence-corrected chi connectivity index (χ0v) is 25.4. The van der Waals surface area contributed by atoms with E-state index in [0.29, 0.717) is 30.5 Å². The number of halogens is 4. The molecule has 2 amide bonds. The van der Waals surface area contributed by atoms with Crippen molar-refractivity contribution in [1.82, 2.24) is 15.2 Å². The Morgan fingerprint density at radius 1 is 1.15 bits per heavy atom. The first-order valence-electron chi connectivity index (χ1n) is 15.1. The first-order valence-corrected chi connectivity index (χ1v) is 15.9. The van der Waals surface area contributed by atoms with Crippen molar-refractivity contribution in [3.05, 3.63) is 66.0 Å². The van der Waals surface area contributed by atoms with Gasteiger partial charge in [-0.05, 0) is 56.0 Å². The summed E-state index contributed by atoms with van der Waals surface area (Å²) in [5.41, 5.74) is -2.20. The molecule has 2 fully saturated rings. The summed E-state index contributed by atoms with van der Waals surface area (Å²) >= 11 is 1.30. The number of nitrogens with zero attached hydrogens (tertiary/aromatic N) is 2. The number of carbonyl (C=O) groups excluding carboxylic acids is 2. The van der Waals surface area contributed by atoms with Gasteiger partial charge < -0.3 is 25.4 Å². The number of amides is 2. The van der Waals surface area contributed by atoms with E-state index in [-0.39, 0.29) is 31.5 Å². The number of hydrogen-bond donors (Lipinski definition) is 3. The van der Waals surface area contributed by atoms with Crippen molar-refractivity contribution in [1.29, 1.82) is 0 Å². The van der Waals surface area contributed by atoms with Crippen LogP contribution in [0.4, 0.5) is 23.2 Å². The van der Waals surface area contributed by atoms with E-state index in [0.717, 1.165) is 28.8 Å². The van der Waals surface area contributed by atoms with Gasteiger partial charge in [0.15, 0.2) is 0 Å². The number of allylic oxidation sites excluding steroid dienone is 1. The number of para-hydroxylation sites is 1. The monoisotopic (exact) mass is 660 g/mol. The molecule has 2 aromatic carbocycles. The quantitative estimate of drug-likeness (QED) is 0.235. The first-order chi connectivity index (χ1) is 21.9. The molecule has 0 unspecified atom stereocenters. The van der Waals surface area contributed by atoms with Gasteiger partial charge in [-0.15, -0.1) is 0 Å². The number of carboxylic acids is 1. The Bertz CT molecular complexity index is 1650. The molecule has 2 aliphatic heterocycles. The van der Waals surface area contributed by atoms with Crippen LogP contribution in [0.2, 0.25) is 0 Å². The molecule has 9 nitrogen and oxygen atoms in total. The van der Waals surface area contributed by atoms with Gasteiger partial charge in [0.05, 0.1) is 22.3 Å². The summed E-state index contributed by atoms with van der Waals surface area (Å²) in [5, 5.41) is 15.9. The summed E-state index contributed by atoms with van der Waals surface area (Å²) in [6, 6.07) is 7.20. The summed E-state index contributed by atoms with van der Waals surface area (Å²) < 4.78 is 61.7. The van der Waals surface area contributed by atoms with Crippen molar-refractivity contribution >= 4 is 45.0 Å². The second-order valence-corrected chi connectivity index (χ2v) is 13.0. The van der Waals surface area contributed by atoms with Crippen LogP contribution >= 0.6 is 11.3 Å². The number of alkyl halides is 3. The number of aromatic nitrogens is 1. The highest BCUT2D eigenvalue weighted by molar-refractivity contribution is 7.20. The van der Waals surface area contributed by atoms with E-state index in [9.17, 15) is 37.1 Å². The lowest BCUT2D eigenvalue weighted by Crippen LogP contribution is -2.55. The molecule has 1 aromatic heterocycles. The summed E-state index contributed by atoms with van der Waals surface area (Å²) in [6.45, 7) is -0.0502. The average molecular weight is 661 g/mol. The Labute approximate surface area is 265 Å². The standard InChI is InChI=1S/C32H32F4N4O5S/c33-20-12-19(32(34,35)36)13-21(14-20)37-24-10-5-3-1-2-4-8-18-16-31(18,29(43)44)39-27(41)25-15-22(17-40(25)28(24)42)45-30-38-23-9-6-7-11-26(23)46-30/h4,6-9,11-14,18,22,24-25,37H,1-3,5,10,15-17H2,(H,39,41)(H,43,44)/b8-4-/t18-,22-,24+,25+,31-/m1/s1. The second kappa shape index (κ2) is 12.5. The number of rotatable bonds is 5. The number of aliphatic carboxylic acids is 1. The lowest BCUT2D eigenvalue weighted by Gasteiger charge is -2.30. The molecule has 0 spiro atoms. The van der Waals surface area contributed by atoms with E-state index in [1.165, 1.54) is 16.2 Å². The van der Waals surface area contributed by atoms with Crippen LogP contribution in [0.3, 0.4) is 0 Å². The van der Waals surface area contributed by atoms with E-state index >= 15 is 0 Å². The Balaban J connectivity index is 1.31. The van der Waals surface area contributed by atoms with Crippen LogP contribution in [0.25, 0.3) is 10.2 Å². The molecule has 244 valence electrons. The molecule has 5 atom stereocenters. The molecular formula is C32H32F4N4O5S. The molecule has 0 radical (unpaired) electrons. The van der Waals surface area contributed by atoms with Crippen LogP contribution < -0.4 is 15.4 Å². The van der Waals surface area contributed by atoms with Gasteiger partial charge in [-0.2, -0.15) is 13.2 Å². The molecule has 3 heterocycles. The predicted octanol–water partition coefficient (Wildman–Crippen LogP) is 5.76. The Morgan fingerprint density at radius 2 is 1.96 bits per heavy atom. The molecule has 6 rings (SSSR count). The van der Waals surface area contributed by atoms with Crippen molar-refractivity contribution in [2.24, 2.45) is 5.92 Å². The average Bonchev–Trinajstić information content (AvgIpc) is 3.31. The van der Waals surface area contributed by atoms with Crippen molar-refractivity contribution in [3.8, 4) is 5.19 Å². The number of thiazole rings is 1. The van der Waals surface area contributed by atoms with Crippen LogP contribution in [0.15, 0.2) is 54.6 Å². The van der Waals surface area contributed by atoms with Gasteiger partial charge in [0.25, 0.3) is 5.19 Å². The Kier molecular flexibility index (Phi) is 8.66. The van der Waals surface area contributed by atoms with Gasteiger partial charge in [-0.25, -0.2) is 14.2 Å². The Morgan fingerprint density at radius 3 is 2.72 bits per heavy atom. The van der Waals surface area contributed by atoms with Gasteiger partial charge in [0.2, 0.25) is 11.8 Å². The predicted molar refractivity (Wildman–Crippen MR) is 162 cm³/mol. The van der Waals surface area contributed by atoms with Crippen LogP contribution in [0.1, 0.15) is 50.5 Å². The molecular weight excluding hydrogens is 628 g/mol. The van der Waals surface area contributed by atoms with Gasteiger partial charge in [0, 0.05) is 18.0 Å². The van der Waals surface area contributed by atoms with Gasteiger partial charge >= 0.3 is 12.1 Å². The van der Waals surface area contributed by atoms with Crippen LogP contribution in [0, 0.1) is 11.7 Å². The molecule has 1 aliphatic carbocycles. The normalized spacial score (nSPS) is 28.0. The van der Waals surface area contributed by atoms with Crippen molar-refractivity contribution in [2.75, 3.05) is 11.9 Å². The summed E-state index contributed by atoms with van der Waals surface area (Å²) in [6.07, 6.45) is 1.26. The number of ether oxygens (including phenoxy) is 1. The van der Waals surface area contributed by atoms with E-state index in [1.54, 1.807) is 6.08 Å². The smallest absolute Gasteiger partial charge is 0.416 e. The largest absolute Gasteiger partial charge is 0.479 e. The molecule has 1 saturated carbocycles. The van der Waals surface area contributed by atoms with Crippen molar-refractivity contribution < 1.29 is 41.8 Å². The third-order valence-electron chi connectivity index (χ3n) is 8.73. The van der Waals surface area contributed by atoms with Crippen LogP contribution in [-0.4, -0.2) is 63.0 Å². The van der Waals surface area contributed by atoms with Crippen molar-refractivity contribution in [3.63, 3.8) is 0 Å². The van der Waals surface area contributed by atoms with E-state index < -0.39 is 65.0 Å². The topological polar surface area (TPSA) is 121 Å². The maximum atomic E-state index is 14.3. The number of nitrogens with one attached hydrogen (secondary N) is 2. The Hall–Kier alpha value is -4.20. The summed E-state index contributed by atoms with van der Waals surface area (Å²) in [7, 11) is 0. The molecule has 3 aliphatic rings. The summed E-state index contributed by atoms with van der Waals surface area (Å²) in [4.78, 5) is 46.0. The van der Waals surface area contributed by atoms with Gasteiger partial charge in [-0.3, -0.25) is 9.59 Å². The number of hydrogen-bond acceptors (Lipinski definition) is 7. The molecule has 46 heavy (non-hydrogen) atoms. The number of anilines is 1. The van der Waals surface area contributed by atoms with E-state index in [1.807, 2.05) is 30.3 Å². The van der Waals surface area contributed by atoms with Gasteiger partial charge in [-0.1, -0.05) is 48.5 Å². The molecule has 3 aromatic rings. The SMILES string of the molecule is O=C1N[C@]2(C(=O)O)C[C@H]2/C=C\CCCCC[C@H](Nc2cc(F)cc(C(F)(F)F)c2)C(=O)N2C[C@H](Oc3nc4ccccc4s3)C[C@@H]12. The third-order valence-corrected chi connectivity index (χ3v) is 9.66. The maximum absolute atomic E-state index is 14.3. The third kappa shape index (κ3) is 6.67. The number of fused-ring (bicyclic) bond motifs is 3. The lowest BCUT2D eigenvalue weighted by atomic mass is 10.0. The van der Waals surface area contributed by atoms with E-state index in [4.69, 9.17) is 4.74 Å². The highest BCUT2D eigenvalue weighted by atomic mass is 32.1. The number of carboxylic acid groups (broad SMARTS) is 1. The molecule has 0 bridgehead atoms. The molecule has 3 N–H and O–H groups in total. The fraction of sp³-hybridized carbons (Fsp3) is 0.438. The minimum absolute atomic E-state index is 0.0363. The van der Waals surface area contributed by atoms with Crippen LogP contribution in [0.5, 0.6) is 5.19 Å². The highest BCUT2D eigenvalue weighted by Gasteiger charge is 2.61. The molecule has 1 saturated heterocycles. The zero-order chi connectivity index (χ0) is 32.6. The van der Waals surface area contributed by atoms with E-state index in [2.05, 4.69) is 15.6 Å². The van der Waals surface area contributed by atoms with Gasteiger partial charge in [0.1, 0.15) is 29.5 Å². The highest BCUT2D eigenvalue weighted by Crippen LogP contribution is 2.45. The minimum atomic E-state index is -4.80. The minimum Gasteiger partial charge on any atom is -0.479 e. The lowest BCUT2D eigenvalue weighted by molar-refractivity contribution is -0.145. The van der Waals surface area contributed by atoms with Crippen LogP contribution in [-0.2, 0) is 20.6 Å². The second-order valence-electron chi connectivity index (χ2n) is 12.0. The zero-order valence-electron chi connectivity index (χ0n) is 24.6. The maximum Gasteiger partial charge on any atom is 0.416 e. The fourth-order valence-electron chi connectivity index (χ4n) is 6.23. The fourth-order valence-corrected chi connectivity index (χ4v) is 7.11. The molecule has 14 heteroatoms. The summed E-state index contributed by atoms with van der Waals surface area (Å²) in [5.74, 6) is -3.94. The number of carbonyl (C=O) groups is 3. The number of benzene rings is 2.